The number of anilines is 1. The smallest absolute Gasteiger partial charge is 0.141 e. The molecule has 0 radical (unpaired) electrons. The van der Waals surface area contributed by atoms with Crippen LogP contribution in [-0.2, 0) is 0 Å². The summed E-state index contributed by atoms with van der Waals surface area (Å²) in [5, 5.41) is 3.46. The molecule has 11 heavy (non-hydrogen) atoms. The van der Waals surface area contributed by atoms with Gasteiger partial charge in [-0.15, -0.1) is 0 Å². The minimum Gasteiger partial charge on any atom is -0.372 e. The fourth-order valence-corrected chi connectivity index (χ4v) is 1.50. The van der Waals surface area contributed by atoms with Crippen molar-refractivity contribution in [3.63, 3.8) is 0 Å². The van der Waals surface area contributed by atoms with Gasteiger partial charge in [-0.2, -0.15) is 0 Å². The van der Waals surface area contributed by atoms with E-state index in [2.05, 4.69) is 26.2 Å². The highest BCUT2D eigenvalue weighted by Crippen LogP contribution is 2.24. The summed E-state index contributed by atoms with van der Waals surface area (Å²) >= 11 is 9.15. The summed E-state index contributed by atoms with van der Waals surface area (Å²) in [5.41, 5.74) is 0.970. The Morgan fingerprint density at radius 1 is 1.64 bits per heavy atom. The van der Waals surface area contributed by atoms with E-state index in [0.29, 0.717) is 5.15 Å². The molecule has 4 heteroatoms. The topological polar surface area (TPSA) is 24.9 Å². The van der Waals surface area contributed by atoms with Crippen LogP contribution in [0.15, 0.2) is 10.5 Å². The number of halogens is 2. The number of pyridine rings is 1. The van der Waals surface area contributed by atoms with Gasteiger partial charge in [-0.25, -0.2) is 4.98 Å². The summed E-state index contributed by atoms with van der Waals surface area (Å²) < 4.78 is 0.932. The van der Waals surface area contributed by atoms with Crippen LogP contribution in [0.25, 0.3) is 0 Å². The van der Waals surface area contributed by atoms with Gasteiger partial charge in [0.1, 0.15) is 11.0 Å². The number of hydrogen-bond donors (Lipinski definition) is 1. The van der Waals surface area contributed by atoms with Gasteiger partial charge in [0.05, 0.1) is 4.47 Å². The van der Waals surface area contributed by atoms with Crippen molar-refractivity contribution < 1.29 is 0 Å². The SMILES string of the molecule is CNc1nc(Cl)c(C)cc1Br. The van der Waals surface area contributed by atoms with Crippen LogP contribution in [-0.4, -0.2) is 12.0 Å². The van der Waals surface area contributed by atoms with E-state index in [0.717, 1.165) is 15.9 Å². The molecule has 0 amide bonds. The van der Waals surface area contributed by atoms with Gasteiger partial charge in [-0.05, 0) is 34.5 Å². The third kappa shape index (κ3) is 1.84. The molecular weight excluding hydrogens is 227 g/mol. The molecule has 1 aromatic rings. The highest BCUT2D eigenvalue weighted by molar-refractivity contribution is 9.10. The molecule has 0 aliphatic rings. The molecule has 0 aliphatic carbocycles. The Bertz CT molecular complexity index is 275. The molecule has 1 N–H and O–H groups in total. The third-order valence-corrected chi connectivity index (χ3v) is 2.33. The first-order valence-electron chi connectivity index (χ1n) is 3.15. The fraction of sp³-hybridized carbons (Fsp3) is 0.286. The summed E-state index contributed by atoms with van der Waals surface area (Å²) in [5.74, 6) is 0.764. The average Bonchev–Trinajstić information content (AvgIpc) is 1.97. The van der Waals surface area contributed by atoms with E-state index in [1.807, 2.05) is 13.0 Å². The van der Waals surface area contributed by atoms with Gasteiger partial charge in [-0.3, -0.25) is 0 Å². The summed E-state index contributed by atoms with van der Waals surface area (Å²) in [6, 6.07) is 1.93. The molecule has 0 aromatic carbocycles. The van der Waals surface area contributed by atoms with Crippen molar-refractivity contribution in [3.05, 3.63) is 21.3 Å². The fourth-order valence-electron chi connectivity index (χ4n) is 0.733. The molecule has 1 rings (SSSR count). The van der Waals surface area contributed by atoms with Crippen LogP contribution in [0, 0.1) is 6.92 Å². The van der Waals surface area contributed by atoms with E-state index >= 15 is 0 Å². The van der Waals surface area contributed by atoms with E-state index < -0.39 is 0 Å². The molecule has 0 unspecified atom stereocenters. The number of nitrogens with one attached hydrogen (secondary N) is 1. The summed E-state index contributed by atoms with van der Waals surface area (Å²) in [4.78, 5) is 4.10. The Labute approximate surface area is 79.1 Å². The summed E-state index contributed by atoms with van der Waals surface area (Å²) in [7, 11) is 1.80. The molecule has 0 spiro atoms. The standard InChI is InChI=1S/C7H8BrClN2/c1-4-3-5(8)7(10-2)11-6(4)9/h3H,1-2H3,(H,10,11). The Balaban J connectivity index is 3.21. The lowest BCUT2D eigenvalue weighted by molar-refractivity contribution is 1.23. The van der Waals surface area contributed by atoms with Gasteiger partial charge in [0, 0.05) is 7.05 Å². The van der Waals surface area contributed by atoms with Crippen LogP contribution in [0.5, 0.6) is 0 Å². The first-order valence-corrected chi connectivity index (χ1v) is 4.32. The van der Waals surface area contributed by atoms with Crippen molar-refractivity contribution in [3.8, 4) is 0 Å². The monoisotopic (exact) mass is 234 g/mol. The molecular formula is C7H8BrClN2. The number of nitrogens with zero attached hydrogens (tertiary/aromatic N) is 1. The lowest BCUT2D eigenvalue weighted by Gasteiger charge is -2.04. The number of aryl methyl sites for hydroxylation is 1. The van der Waals surface area contributed by atoms with E-state index in [9.17, 15) is 0 Å². The van der Waals surface area contributed by atoms with E-state index in [4.69, 9.17) is 11.6 Å². The molecule has 0 bridgehead atoms. The number of aromatic nitrogens is 1. The third-order valence-electron chi connectivity index (χ3n) is 1.34. The molecule has 0 aliphatic heterocycles. The lowest BCUT2D eigenvalue weighted by atomic mass is 10.3. The first-order chi connectivity index (χ1) is 5.15. The van der Waals surface area contributed by atoms with E-state index in [-0.39, 0.29) is 0 Å². The Hall–Kier alpha value is -0.280. The Morgan fingerprint density at radius 2 is 2.27 bits per heavy atom. The first kappa shape index (κ1) is 8.81. The highest BCUT2D eigenvalue weighted by atomic mass is 79.9. The minimum atomic E-state index is 0.539. The van der Waals surface area contributed by atoms with Crippen molar-refractivity contribution in [1.82, 2.24) is 4.98 Å². The lowest BCUT2D eigenvalue weighted by Crippen LogP contribution is -1.94. The van der Waals surface area contributed by atoms with Gasteiger partial charge in [0.15, 0.2) is 0 Å². The number of rotatable bonds is 1. The summed E-state index contributed by atoms with van der Waals surface area (Å²) in [6.45, 7) is 1.92. The van der Waals surface area contributed by atoms with Crippen molar-refractivity contribution in [2.75, 3.05) is 12.4 Å². The van der Waals surface area contributed by atoms with Crippen LogP contribution in [0.1, 0.15) is 5.56 Å². The minimum absolute atomic E-state index is 0.539. The van der Waals surface area contributed by atoms with Gasteiger partial charge in [-0.1, -0.05) is 11.6 Å². The zero-order valence-electron chi connectivity index (χ0n) is 6.28. The normalized spacial score (nSPS) is 9.82. The maximum absolute atomic E-state index is 5.79. The molecule has 60 valence electrons. The van der Waals surface area contributed by atoms with Crippen LogP contribution >= 0.6 is 27.5 Å². The Kier molecular flexibility index (Phi) is 2.73. The molecule has 2 nitrogen and oxygen atoms in total. The largest absolute Gasteiger partial charge is 0.372 e. The Morgan fingerprint density at radius 3 is 2.82 bits per heavy atom. The quantitative estimate of drug-likeness (QED) is 0.757. The molecule has 0 atom stereocenters. The van der Waals surface area contributed by atoms with Crippen molar-refractivity contribution >= 4 is 33.3 Å². The highest BCUT2D eigenvalue weighted by Gasteiger charge is 2.02. The molecule has 0 fully saturated rings. The van der Waals surface area contributed by atoms with Crippen molar-refractivity contribution in [1.29, 1.82) is 0 Å². The van der Waals surface area contributed by atoms with Gasteiger partial charge in [0.2, 0.25) is 0 Å². The molecule has 0 saturated carbocycles. The maximum Gasteiger partial charge on any atom is 0.141 e. The van der Waals surface area contributed by atoms with E-state index in [1.54, 1.807) is 7.05 Å². The van der Waals surface area contributed by atoms with Crippen LogP contribution < -0.4 is 5.32 Å². The van der Waals surface area contributed by atoms with Crippen molar-refractivity contribution in [2.24, 2.45) is 0 Å². The van der Waals surface area contributed by atoms with Crippen LogP contribution in [0.4, 0.5) is 5.82 Å². The van der Waals surface area contributed by atoms with Crippen LogP contribution in [0.2, 0.25) is 5.15 Å². The molecule has 0 saturated heterocycles. The zero-order valence-corrected chi connectivity index (χ0v) is 8.62. The van der Waals surface area contributed by atoms with Gasteiger partial charge in [0.25, 0.3) is 0 Å². The average molecular weight is 236 g/mol. The second kappa shape index (κ2) is 3.41. The number of hydrogen-bond acceptors (Lipinski definition) is 2. The predicted octanol–water partition coefficient (Wildman–Crippen LogP) is 2.85. The maximum atomic E-state index is 5.79. The van der Waals surface area contributed by atoms with Crippen molar-refractivity contribution in [2.45, 2.75) is 6.92 Å². The predicted molar refractivity (Wildman–Crippen MR) is 51.2 cm³/mol. The van der Waals surface area contributed by atoms with Gasteiger partial charge >= 0.3 is 0 Å². The summed E-state index contributed by atoms with van der Waals surface area (Å²) in [6.07, 6.45) is 0. The van der Waals surface area contributed by atoms with E-state index in [1.165, 1.54) is 0 Å². The zero-order chi connectivity index (χ0) is 8.43. The second-order valence-electron chi connectivity index (χ2n) is 2.18. The second-order valence-corrected chi connectivity index (χ2v) is 3.39. The molecule has 1 heterocycles. The molecule has 1 aromatic heterocycles. The van der Waals surface area contributed by atoms with Crippen LogP contribution in [0.3, 0.4) is 0 Å². The van der Waals surface area contributed by atoms with Gasteiger partial charge < -0.3 is 5.32 Å².